The molecular weight excluding hydrogens is 172 g/mol. The van der Waals surface area contributed by atoms with Gasteiger partial charge in [0.1, 0.15) is 6.26 Å². The molecule has 0 aromatic carbocycles. The van der Waals surface area contributed by atoms with E-state index in [1.54, 1.807) is 14.0 Å². The van der Waals surface area contributed by atoms with E-state index < -0.39 is 0 Å². The Hall–Kier alpha value is -1.36. The van der Waals surface area contributed by atoms with Crippen molar-refractivity contribution in [3.05, 3.63) is 17.5 Å². The van der Waals surface area contributed by atoms with Gasteiger partial charge in [-0.05, 0) is 6.92 Å². The molecule has 0 aliphatic heterocycles. The van der Waals surface area contributed by atoms with Gasteiger partial charge in [0.15, 0.2) is 5.69 Å². The van der Waals surface area contributed by atoms with Gasteiger partial charge >= 0.3 is 0 Å². The molecular formula is C8H12N2O3. The number of hydrogen-bond acceptors (Lipinski definition) is 4. The molecule has 0 bridgehead atoms. The molecule has 1 aromatic heterocycles. The highest BCUT2D eigenvalue weighted by Crippen LogP contribution is 2.03. The van der Waals surface area contributed by atoms with E-state index in [9.17, 15) is 4.79 Å². The molecule has 0 aliphatic carbocycles. The summed E-state index contributed by atoms with van der Waals surface area (Å²) < 4.78 is 9.41. The van der Waals surface area contributed by atoms with Crippen LogP contribution in [0.3, 0.4) is 0 Å². The molecule has 0 radical (unpaired) electrons. The number of aromatic nitrogens is 1. The van der Waals surface area contributed by atoms with Gasteiger partial charge in [-0.1, -0.05) is 5.16 Å². The van der Waals surface area contributed by atoms with Crippen LogP contribution in [-0.4, -0.2) is 31.3 Å². The zero-order valence-corrected chi connectivity index (χ0v) is 7.66. The number of aryl methyl sites for hydroxylation is 1. The number of carbonyl (C=O) groups is 1. The summed E-state index contributed by atoms with van der Waals surface area (Å²) in [7, 11) is 1.58. The summed E-state index contributed by atoms with van der Waals surface area (Å²) in [6.07, 6.45) is 1.44. The molecule has 1 amide bonds. The number of ether oxygens (including phenoxy) is 1. The van der Waals surface area contributed by atoms with Crippen LogP contribution in [0.25, 0.3) is 0 Å². The Morgan fingerprint density at radius 2 is 2.54 bits per heavy atom. The van der Waals surface area contributed by atoms with Gasteiger partial charge < -0.3 is 14.6 Å². The van der Waals surface area contributed by atoms with Crippen LogP contribution in [0.5, 0.6) is 0 Å². The summed E-state index contributed by atoms with van der Waals surface area (Å²) in [4.78, 5) is 11.3. The summed E-state index contributed by atoms with van der Waals surface area (Å²) in [5.41, 5.74) is 1.06. The van der Waals surface area contributed by atoms with Gasteiger partial charge in [-0.15, -0.1) is 0 Å². The molecule has 0 spiro atoms. The Kier molecular flexibility index (Phi) is 3.45. The van der Waals surface area contributed by atoms with Crippen molar-refractivity contribution in [3.8, 4) is 0 Å². The minimum absolute atomic E-state index is 0.233. The van der Waals surface area contributed by atoms with Crippen LogP contribution in [0.15, 0.2) is 10.8 Å². The van der Waals surface area contributed by atoms with Crippen LogP contribution < -0.4 is 5.32 Å². The van der Waals surface area contributed by atoms with E-state index in [1.807, 2.05) is 0 Å². The lowest BCUT2D eigenvalue weighted by atomic mass is 10.3. The van der Waals surface area contributed by atoms with Crippen LogP contribution in [0, 0.1) is 6.92 Å². The Balaban J connectivity index is 2.45. The summed E-state index contributed by atoms with van der Waals surface area (Å²) in [5, 5.41) is 6.21. The molecule has 1 N–H and O–H groups in total. The number of nitrogens with one attached hydrogen (secondary N) is 1. The van der Waals surface area contributed by atoms with Gasteiger partial charge in [-0.25, -0.2) is 0 Å². The standard InChI is InChI=1S/C8H12N2O3/c1-6-5-13-10-7(6)8(11)9-3-4-12-2/h5H,3-4H2,1-2H3,(H,9,11). The van der Waals surface area contributed by atoms with Crippen LogP contribution in [-0.2, 0) is 4.74 Å². The van der Waals surface area contributed by atoms with Crippen molar-refractivity contribution in [2.45, 2.75) is 6.92 Å². The number of methoxy groups -OCH3 is 1. The normalized spacial score (nSPS) is 10.0. The fourth-order valence-corrected chi connectivity index (χ4v) is 0.857. The highest BCUT2D eigenvalue weighted by Gasteiger charge is 2.11. The quantitative estimate of drug-likeness (QED) is 0.686. The van der Waals surface area contributed by atoms with Crippen molar-refractivity contribution in [1.82, 2.24) is 10.5 Å². The van der Waals surface area contributed by atoms with Crippen molar-refractivity contribution in [2.75, 3.05) is 20.3 Å². The molecule has 1 aromatic rings. The van der Waals surface area contributed by atoms with Crippen molar-refractivity contribution in [3.63, 3.8) is 0 Å². The summed E-state index contributed by atoms with van der Waals surface area (Å²) in [6.45, 7) is 2.73. The second-order valence-electron chi connectivity index (χ2n) is 2.59. The lowest BCUT2D eigenvalue weighted by Crippen LogP contribution is -2.27. The number of rotatable bonds is 4. The first-order chi connectivity index (χ1) is 6.25. The largest absolute Gasteiger partial charge is 0.383 e. The van der Waals surface area contributed by atoms with E-state index in [0.29, 0.717) is 18.8 Å². The molecule has 0 fully saturated rings. The van der Waals surface area contributed by atoms with Crippen molar-refractivity contribution >= 4 is 5.91 Å². The summed E-state index contributed by atoms with van der Waals surface area (Å²) in [5.74, 6) is -0.233. The van der Waals surface area contributed by atoms with Crippen molar-refractivity contribution in [1.29, 1.82) is 0 Å². The van der Waals surface area contributed by atoms with E-state index in [1.165, 1.54) is 6.26 Å². The number of hydrogen-bond donors (Lipinski definition) is 1. The molecule has 0 aliphatic rings. The topological polar surface area (TPSA) is 64.4 Å². The van der Waals surface area contributed by atoms with Gasteiger partial charge in [-0.3, -0.25) is 4.79 Å². The maximum Gasteiger partial charge on any atom is 0.273 e. The monoisotopic (exact) mass is 184 g/mol. The predicted molar refractivity (Wildman–Crippen MR) is 45.4 cm³/mol. The maximum absolute atomic E-state index is 11.3. The highest BCUT2D eigenvalue weighted by atomic mass is 16.5. The average Bonchev–Trinajstić information content (AvgIpc) is 2.52. The van der Waals surface area contributed by atoms with E-state index in [0.717, 1.165) is 5.56 Å². The van der Waals surface area contributed by atoms with Crippen molar-refractivity contribution < 1.29 is 14.1 Å². The number of carbonyl (C=O) groups excluding carboxylic acids is 1. The average molecular weight is 184 g/mol. The van der Waals surface area contributed by atoms with Crippen LogP contribution >= 0.6 is 0 Å². The Labute approximate surface area is 76.0 Å². The predicted octanol–water partition coefficient (Wildman–Crippen LogP) is 0.359. The first-order valence-corrected chi connectivity index (χ1v) is 3.94. The fourth-order valence-electron chi connectivity index (χ4n) is 0.857. The van der Waals surface area contributed by atoms with Crippen LogP contribution in [0.2, 0.25) is 0 Å². The number of nitrogens with zero attached hydrogens (tertiary/aromatic N) is 1. The second kappa shape index (κ2) is 4.61. The minimum atomic E-state index is -0.233. The van der Waals surface area contributed by atoms with Gasteiger partial charge in [0.25, 0.3) is 5.91 Å². The third-order valence-corrected chi connectivity index (χ3v) is 1.55. The van der Waals surface area contributed by atoms with Gasteiger partial charge in [0.05, 0.1) is 6.61 Å². The molecule has 0 atom stereocenters. The Morgan fingerprint density at radius 3 is 3.08 bits per heavy atom. The second-order valence-corrected chi connectivity index (χ2v) is 2.59. The highest BCUT2D eigenvalue weighted by molar-refractivity contribution is 5.93. The van der Waals surface area contributed by atoms with Crippen molar-refractivity contribution in [2.24, 2.45) is 0 Å². The fraction of sp³-hybridized carbons (Fsp3) is 0.500. The molecule has 5 nitrogen and oxygen atoms in total. The number of amides is 1. The Bertz CT molecular complexity index is 283. The van der Waals surface area contributed by atoms with E-state index in [-0.39, 0.29) is 5.91 Å². The lowest BCUT2D eigenvalue weighted by Gasteiger charge is -2.01. The third-order valence-electron chi connectivity index (χ3n) is 1.55. The summed E-state index contributed by atoms with van der Waals surface area (Å²) >= 11 is 0. The molecule has 13 heavy (non-hydrogen) atoms. The molecule has 1 heterocycles. The van der Waals surface area contributed by atoms with Gasteiger partial charge in [0.2, 0.25) is 0 Å². The molecule has 5 heteroatoms. The first-order valence-electron chi connectivity index (χ1n) is 3.94. The maximum atomic E-state index is 11.3. The van der Waals surface area contributed by atoms with Crippen LogP contribution in [0.1, 0.15) is 16.1 Å². The SMILES string of the molecule is COCCNC(=O)c1nocc1C. The Morgan fingerprint density at radius 1 is 1.77 bits per heavy atom. The van der Waals surface area contributed by atoms with Gasteiger partial charge in [0, 0.05) is 19.2 Å². The molecule has 0 saturated heterocycles. The minimum Gasteiger partial charge on any atom is -0.383 e. The molecule has 0 saturated carbocycles. The zero-order chi connectivity index (χ0) is 9.68. The third kappa shape index (κ3) is 2.55. The van der Waals surface area contributed by atoms with E-state index >= 15 is 0 Å². The van der Waals surface area contributed by atoms with E-state index in [2.05, 4.69) is 15.0 Å². The van der Waals surface area contributed by atoms with Crippen LogP contribution in [0.4, 0.5) is 0 Å². The molecule has 0 unspecified atom stereocenters. The first kappa shape index (κ1) is 9.73. The summed E-state index contributed by atoms with van der Waals surface area (Å²) in [6, 6.07) is 0. The van der Waals surface area contributed by atoms with E-state index in [4.69, 9.17) is 4.74 Å². The zero-order valence-electron chi connectivity index (χ0n) is 7.66. The molecule has 72 valence electrons. The smallest absolute Gasteiger partial charge is 0.273 e. The lowest BCUT2D eigenvalue weighted by molar-refractivity contribution is 0.0927. The van der Waals surface area contributed by atoms with Gasteiger partial charge in [-0.2, -0.15) is 0 Å². The molecule has 1 rings (SSSR count).